The smallest absolute Gasteiger partial charge is 0.269 e. The van der Waals surface area contributed by atoms with Gasteiger partial charge >= 0.3 is 0 Å². The number of carbonyl (C=O) groups excluding carboxylic acids is 2. The second-order valence-electron chi connectivity index (χ2n) is 7.08. The van der Waals surface area contributed by atoms with Gasteiger partial charge in [-0.1, -0.05) is 52.0 Å². The Labute approximate surface area is 197 Å². The van der Waals surface area contributed by atoms with Crippen LogP contribution in [-0.4, -0.2) is 22.2 Å². The molecule has 3 rings (SSSR count). The molecule has 0 aliphatic carbocycles. The van der Waals surface area contributed by atoms with Crippen LogP contribution in [0, 0.1) is 21.4 Å². The van der Waals surface area contributed by atoms with Crippen LogP contribution in [0.4, 0.5) is 5.69 Å². The summed E-state index contributed by atoms with van der Waals surface area (Å²) >= 11 is 4.50. The van der Waals surface area contributed by atoms with Crippen molar-refractivity contribution in [3.05, 3.63) is 96.1 Å². The lowest BCUT2D eigenvalue weighted by atomic mass is 9.81. The maximum Gasteiger partial charge on any atom is 0.269 e. The summed E-state index contributed by atoms with van der Waals surface area (Å²) in [4.78, 5) is 35.8. The number of nitrogens with one attached hydrogen (secondary N) is 1. The predicted molar refractivity (Wildman–Crippen MR) is 126 cm³/mol. The number of nitro groups is 1. The van der Waals surface area contributed by atoms with Crippen LogP contribution in [0.1, 0.15) is 35.7 Å². The first kappa shape index (κ1) is 23.4. The first-order valence-electron chi connectivity index (χ1n) is 9.51. The lowest BCUT2D eigenvalue weighted by Gasteiger charge is -2.29. The molecule has 0 saturated carbocycles. The molecule has 7 nitrogen and oxygen atoms in total. The average molecular weight is 512 g/mol. The van der Waals surface area contributed by atoms with E-state index in [-0.39, 0.29) is 28.6 Å². The number of benzene rings is 2. The highest BCUT2D eigenvalue weighted by molar-refractivity contribution is 9.10. The summed E-state index contributed by atoms with van der Waals surface area (Å²) in [5.74, 6) is -1.03. The number of nitrogens with zero attached hydrogens (tertiary/aromatic N) is 2. The first-order valence-corrected chi connectivity index (χ1v) is 11.3. The van der Waals surface area contributed by atoms with Crippen molar-refractivity contribution in [1.82, 2.24) is 5.32 Å². The van der Waals surface area contributed by atoms with Crippen LogP contribution in [0.25, 0.3) is 0 Å². The number of non-ortho nitro benzene ring substituents is 1. The predicted octanol–water partition coefficient (Wildman–Crippen LogP) is 5.26. The molecule has 162 valence electrons. The third-order valence-electron chi connectivity index (χ3n) is 4.95. The van der Waals surface area contributed by atoms with Crippen molar-refractivity contribution in [3.8, 4) is 6.07 Å². The molecule has 1 aliphatic heterocycles. The van der Waals surface area contributed by atoms with Gasteiger partial charge in [0.25, 0.3) is 5.69 Å². The third-order valence-corrected chi connectivity index (χ3v) is 6.50. The van der Waals surface area contributed by atoms with Crippen LogP contribution < -0.4 is 5.32 Å². The minimum atomic E-state index is -0.760. The van der Waals surface area contributed by atoms with Gasteiger partial charge in [0.15, 0.2) is 11.6 Å². The molecule has 0 unspecified atom stereocenters. The van der Waals surface area contributed by atoms with Gasteiger partial charge in [0.05, 0.1) is 33.3 Å². The molecule has 1 heterocycles. The van der Waals surface area contributed by atoms with E-state index in [9.17, 15) is 25.0 Å². The molecule has 1 aliphatic rings. The van der Waals surface area contributed by atoms with Gasteiger partial charge in [0.2, 0.25) is 0 Å². The second kappa shape index (κ2) is 9.94. The molecule has 0 radical (unpaired) electrons. The van der Waals surface area contributed by atoms with Crippen LogP contribution in [-0.2, 0) is 4.79 Å². The molecule has 1 atom stereocenters. The van der Waals surface area contributed by atoms with Crippen LogP contribution in [0.15, 0.2) is 74.9 Å². The van der Waals surface area contributed by atoms with E-state index < -0.39 is 10.8 Å². The number of carbonyl (C=O) groups is 2. The van der Waals surface area contributed by atoms with Crippen molar-refractivity contribution in [2.45, 2.75) is 19.8 Å². The fourth-order valence-corrected chi connectivity index (χ4v) is 4.75. The fourth-order valence-electron chi connectivity index (χ4n) is 3.50. The van der Waals surface area contributed by atoms with Gasteiger partial charge in [0, 0.05) is 33.4 Å². The van der Waals surface area contributed by atoms with Crippen molar-refractivity contribution in [3.63, 3.8) is 0 Å². The number of hydrogen-bond acceptors (Lipinski definition) is 7. The minimum Gasteiger partial charge on any atom is -0.353 e. The van der Waals surface area contributed by atoms with E-state index in [0.717, 1.165) is 4.47 Å². The van der Waals surface area contributed by atoms with Gasteiger partial charge in [0.1, 0.15) is 0 Å². The summed E-state index contributed by atoms with van der Waals surface area (Å²) in [6.07, 6.45) is 0. The number of Topliss-reactive ketones (excluding diaryl/α,β-unsaturated/α-hetero) is 2. The first-order chi connectivity index (χ1) is 15.2. The highest BCUT2D eigenvalue weighted by Gasteiger charge is 2.34. The van der Waals surface area contributed by atoms with Crippen LogP contribution in [0.2, 0.25) is 0 Å². The van der Waals surface area contributed by atoms with Gasteiger partial charge in [-0.05, 0) is 31.5 Å². The van der Waals surface area contributed by atoms with Crippen molar-refractivity contribution in [2.75, 3.05) is 5.75 Å². The molecule has 0 amide bonds. The summed E-state index contributed by atoms with van der Waals surface area (Å²) in [6, 6.07) is 15.1. The lowest BCUT2D eigenvalue weighted by Crippen LogP contribution is -2.27. The Hall–Kier alpha value is -3.22. The van der Waals surface area contributed by atoms with E-state index in [1.807, 2.05) is 0 Å². The number of allylic oxidation sites excluding steroid dienone is 3. The Bertz CT molecular complexity index is 1210. The molecule has 0 saturated heterocycles. The standard InChI is InChI=1S/C23H18BrN3O4S/c1-13-21(14(2)28)22(16-4-3-5-18(10-16)27(30)31)19(11-25)23(26-13)32-12-20(29)15-6-8-17(24)9-7-15/h3-10,22,26H,12H2,1-2H3/t22-/m1/s1. The van der Waals surface area contributed by atoms with E-state index in [1.54, 1.807) is 37.3 Å². The molecule has 2 aromatic carbocycles. The summed E-state index contributed by atoms with van der Waals surface area (Å²) < 4.78 is 0.863. The molecular weight excluding hydrogens is 494 g/mol. The number of dihydropyridines is 1. The number of nitro benzene ring substituents is 1. The number of halogens is 1. The second-order valence-corrected chi connectivity index (χ2v) is 8.98. The summed E-state index contributed by atoms with van der Waals surface area (Å²) in [7, 11) is 0. The number of thioether (sulfide) groups is 1. The largest absolute Gasteiger partial charge is 0.353 e. The maximum atomic E-state index is 12.6. The zero-order valence-corrected chi connectivity index (χ0v) is 19.6. The van der Waals surface area contributed by atoms with E-state index >= 15 is 0 Å². The minimum absolute atomic E-state index is 0.0828. The molecular formula is C23H18BrN3O4S. The monoisotopic (exact) mass is 511 g/mol. The Kier molecular flexibility index (Phi) is 7.28. The molecule has 0 fully saturated rings. The van der Waals surface area contributed by atoms with E-state index in [2.05, 4.69) is 27.3 Å². The highest BCUT2D eigenvalue weighted by Crippen LogP contribution is 2.41. The normalized spacial score (nSPS) is 15.8. The van der Waals surface area contributed by atoms with E-state index in [1.165, 1.54) is 36.9 Å². The number of hydrogen-bond donors (Lipinski definition) is 1. The zero-order chi connectivity index (χ0) is 23.4. The molecule has 2 aromatic rings. The van der Waals surface area contributed by atoms with Gasteiger partial charge in [-0.3, -0.25) is 19.7 Å². The molecule has 0 aromatic heterocycles. The maximum absolute atomic E-state index is 12.6. The van der Waals surface area contributed by atoms with Crippen LogP contribution in [0.3, 0.4) is 0 Å². The van der Waals surface area contributed by atoms with Gasteiger partial charge < -0.3 is 5.32 Å². The van der Waals surface area contributed by atoms with Crippen molar-refractivity contribution in [2.24, 2.45) is 0 Å². The van der Waals surface area contributed by atoms with Crippen LogP contribution >= 0.6 is 27.7 Å². The zero-order valence-electron chi connectivity index (χ0n) is 17.2. The fraction of sp³-hybridized carbons (Fsp3) is 0.174. The third kappa shape index (κ3) is 4.98. The molecule has 9 heteroatoms. The van der Waals surface area contributed by atoms with Crippen molar-refractivity contribution < 1.29 is 14.5 Å². The van der Waals surface area contributed by atoms with Gasteiger partial charge in [-0.15, -0.1) is 0 Å². The Morgan fingerprint density at radius 2 is 1.94 bits per heavy atom. The number of rotatable bonds is 7. The highest BCUT2D eigenvalue weighted by atomic mass is 79.9. The van der Waals surface area contributed by atoms with Crippen molar-refractivity contribution >= 4 is 44.9 Å². The SMILES string of the molecule is CC(=O)C1=C(C)NC(SCC(=O)c2ccc(Br)cc2)=C(C#N)[C@H]1c1cccc([N+](=O)[O-])c1. The summed E-state index contributed by atoms with van der Waals surface area (Å²) in [6.45, 7) is 3.11. The molecule has 1 N–H and O–H groups in total. The van der Waals surface area contributed by atoms with Gasteiger partial charge in [-0.25, -0.2) is 0 Å². The molecule has 0 spiro atoms. The quantitative estimate of drug-likeness (QED) is 0.306. The van der Waals surface area contributed by atoms with Gasteiger partial charge in [-0.2, -0.15) is 5.26 Å². The Morgan fingerprint density at radius 3 is 2.53 bits per heavy atom. The van der Waals surface area contributed by atoms with Crippen LogP contribution in [0.5, 0.6) is 0 Å². The summed E-state index contributed by atoms with van der Waals surface area (Å²) in [5.41, 5.74) is 2.05. The molecule has 0 bridgehead atoms. The van der Waals surface area contributed by atoms with E-state index in [4.69, 9.17) is 0 Å². The molecule has 32 heavy (non-hydrogen) atoms. The Balaban J connectivity index is 1.99. The van der Waals surface area contributed by atoms with E-state index in [0.29, 0.717) is 27.4 Å². The van der Waals surface area contributed by atoms with Crippen molar-refractivity contribution in [1.29, 1.82) is 5.26 Å². The number of ketones is 2. The average Bonchev–Trinajstić information content (AvgIpc) is 2.77. The summed E-state index contributed by atoms with van der Waals surface area (Å²) in [5, 5.41) is 24.8. The number of nitriles is 1. The lowest BCUT2D eigenvalue weighted by molar-refractivity contribution is -0.384. The topological polar surface area (TPSA) is 113 Å². The Morgan fingerprint density at radius 1 is 1.25 bits per heavy atom.